The summed E-state index contributed by atoms with van der Waals surface area (Å²) in [4.78, 5) is 21.7. The van der Waals surface area contributed by atoms with Crippen LogP contribution in [0.25, 0.3) is 11.5 Å². The van der Waals surface area contributed by atoms with Crippen LogP contribution in [0.1, 0.15) is 10.5 Å². The Bertz CT molecular complexity index is 452. The summed E-state index contributed by atoms with van der Waals surface area (Å²) < 4.78 is 4.94. The molecule has 0 radical (unpaired) electrons. The SMILES string of the molecule is O=C(O)c1coc(-c2cncnc2)n1. The van der Waals surface area contributed by atoms with E-state index >= 15 is 0 Å². The van der Waals surface area contributed by atoms with Gasteiger partial charge in [0, 0.05) is 12.4 Å². The van der Waals surface area contributed by atoms with Gasteiger partial charge in [0.25, 0.3) is 0 Å². The molecule has 1 N–H and O–H groups in total. The zero-order valence-electron chi connectivity index (χ0n) is 6.91. The van der Waals surface area contributed by atoms with E-state index in [2.05, 4.69) is 15.0 Å². The first-order chi connectivity index (χ1) is 6.77. The lowest BCUT2D eigenvalue weighted by atomic mass is 10.3. The molecule has 0 fully saturated rings. The molecule has 0 atom stereocenters. The zero-order valence-corrected chi connectivity index (χ0v) is 6.91. The van der Waals surface area contributed by atoms with E-state index in [1.165, 1.54) is 18.7 Å². The van der Waals surface area contributed by atoms with Gasteiger partial charge in [-0.05, 0) is 0 Å². The first-order valence-electron chi connectivity index (χ1n) is 3.71. The molecule has 2 aromatic rings. The second kappa shape index (κ2) is 3.25. The van der Waals surface area contributed by atoms with Gasteiger partial charge in [0.1, 0.15) is 12.6 Å². The third kappa shape index (κ3) is 1.45. The number of rotatable bonds is 2. The highest BCUT2D eigenvalue weighted by Gasteiger charge is 2.11. The van der Waals surface area contributed by atoms with E-state index in [0.29, 0.717) is 5.56 Å². The summed E-state index contributed by atoms with van der Waals surface area (Å²) in [5.74, 6) is -0.931. The van der Waals surface area contributed by atoms with Gasteiger partial charge in [-0.25, -0.2) is 19.7 Å². The van der Waals surface area contributed by atoms with Crippen molar-refractivity contribution in [3.8, 4) is 11.5 Å². The molecule has 14 heavy (non-hydrogen) atoms. The van der Waals surface area contributed by atoms with Crippen LogP contribution in [0.15, 0.2) is 29.4 Å². The minimum atomic E-state index is -1.13. The lowest BCUT2D eigenvalue weighted by molar-refractivity contribution is 0.0690. The van der Waals surface area contributed by atoms with Crippen molar-refractivity contribution >= 4 is 5.97 Å². The number of carbonyl (C=O) groups is 1. The number of hydrogen-bond acceptors (Lipinski definition) is 5. The van der Waals surface area contributed by atoms with Gasteiger partial charge in [-0.2, -0.15) is 0 Å². The van der Waals surface area contributed by atoms with Crippen LogP contribution in [-0.4, -0.2) is 26.0 Å². The fraction of sp³-hybridized carbons (Fsp3) is 0. The van der Waals surface area contributed by atoms with Crippen LogP contribution in [0, 0.1) is 0 Å². The number of aromatic nitrogens is 3. The summed E-state index contributed by atoms with van der Waals surface area (Å²) in [7, 11) is 0. The molecule has 2 heterocycles. The van der Waals surface area contributed by atoms with E-state index < -0.39 is 5.97 Å². The molecule has 0 saturated heterocycles. The third-order valence-corrected chi connectivity index (χ3v) is 1.53. The molecule has 0 bridgehead atoms. The van der Waals surface area contributed by atoms with Crippen molar-refractivity contribution in [2.24, 2.45) is 0 Å². The van der Waals surface area contributed by atoms with Crippen LogP contribution >= 0.6 is 0 Å². The lowest BCUT2D eigenvalue weighted by Crippen LogP contribution is -1.95. The van der Waals surface area contributed by atoms with Crippen molar-refractivity contribution in [3.05, 3.63) is 30.7 Å². The van der Waals surface area contributed by atoms with Crippen LogP contribution in [0.3, 0.4) is 0 Å². The standard InChI is InChI=1S/C8H5N3O3/c12-8(13)6-3-14-7(11-6)5-1-9-4-10-2-5/h1-4H,(H,12,13). The number of hydrogen-bond donors (Lipinski definition) is 1. The predicted molar refractivity (Wildman–Crippen MR) is 44.5 cm³/mol. The summed E-state index contributed by atoms with van der Waals surface area (Å²) in [6.45, 7) is 0. The van der Waals surface area contributed by atoms with Gasteiger partial charge in [0.05, 0.1) is 5.56 Å². The molecule has 0 spiro atoms. The van der Waals surface area contributed by atoms with Crippen molar-refractivity contribution < 1.29 is 14.3 Å². The maximum absolute atomic E-state index is 10.5. The highest BCUT2D eigenvalue weighted by Crippen LogP contribution is 2.15. The fourth-order valence-corrected chi connectivity index (χ4v) is 0.914. The van der Waals surface area contributed by atoms with Crippen molar-refractivity contribution in [2.75, 3.05) is 0 Å². The first kappa shape index (κ1) is 8.36. The number of nitrogens with zero attached hydrogens (tertiary/aromatic N) is 3. The average Bonchev–Trinajstić information content (AvgIpc) is 2.68. The zero-order chi connectivity index (χ0) is 9.97. The van der Waals surface area contributed by atoms with Crippen LogP contribution in [0.4, 0.5) is 0 Å². The second-order valence-electron chi connectivity index (χ2n) is 2.47. The van der Waals surface area contributed by atoms with Gasteiger partial charge in [-0.3, -0.25) is 0 Å². The van der Waals surface area contributed by atoms with Crippen molar-refractivity contribution in [1.29, 1.82) is 0 Å². The molecule has 0 aliphatic rings. The summed E-state index contributed by atoms with van der Waals surface area (Å²) in [5, 5.41) is 8.59. The Kier molecular flexibility index (Phi) is 1.94. The second-order valence-corrected chi connectivity index (χ2v) is 2.47. The van der Waals surface area contributed by atoms with Crippen LogP contribution in [0.5, 0.6) is 0 Å². The minimum Gasteiger partial charge on any atom is -0.476 e. The van der Waals surface area contributed by atoms with E-state index in [1.54, 1.807) is 0 Å². The van der Waals surface area contributed by atoms with Gasteiger partial charge in [-0.1, -0.05) is 0 Å². The number of carboxylic acids is 1. The third-order valence-electron chi connectivity index (χ3n) is 1.53. The highest BCUT2D eigenvalue weighted by atomic mass is 16.4. The topological polar surface area (TPSA) is 89.1 Å². The van der Waals surface area contributed by atoms with Crippen molar-refractivity contribution in [2.45, 2.75) is 0 Å². The molecular weight excluding hydrogens is 186 g/mol. The van der Waals surface area contributed by atoms with Crippen molar-refractivity contribution in [1.82, 2.24) is 15.0 Å². The van der Waals surface area contributed by atoms with Crippen molar-refractivity contribution in [3.63, 3.8) is 0 Å². The Hall–Kier alpha value is -2.24. The molecule has 0 aromatic carbocycles. The molecule has 0 aliphatic carbocycles. The molecule has 0 amide bonds. The Morgan fingerprint density at radius 1 is 1.36 bits per heavy atom. The Morgan fingerprint density at radius 2 is 2.07 bits per heavy atom. The molecule has 0 unspecified atom stereocenters. The molecule has 0 saturated carbocycles. The normalized spacial score (nSPS) is 10.0. The summed E-state index contributed by atoms with van der Waals surface area (Å²) in [5.41, 5.74) is 0.406. The molecule has 2 aromatic heterocycles. The molecule has 6 nitrogen and oxygen atoms in total. The minimum absolute atomic E-state index is 0.135. The van der Waals surface area contributed by atoms with E-state index in [1.807, 2.05) is 0 Å². The maximum atomic E-state index is 10.5. The van der Waals surface area contributed by atoms with E-state index in [9.17, 15) is 4.79 Å². The monoisotopic (exact) mass is 191 g/mol. The average molecular weight is 191 g/mol. The predicted octanol–water partition coefficient (Wildman–Crippen LogP) is 0.830. The van der Waals surface area contributed by atoms with Crippen LogP contribution in [-0.2, 0) is 0 Å². The summed E-state index contributed by atoms with van der Waals surface area (Å²) >= 11 is 0. The molecule has 70 valence electrons. The van der Waals surface area contributed by atoms with Gasteiger partial charge >= 0.3 is 5.97 Å². The highest BCUT2D eigenvalue weighted by molar-refractivity contribution is 5.85. The molecule has 2 rings (SSSR count). The van der Waals surface area contributed by atoms with Crippen LogP contribution in [0.2, 0.25) is 0 Å². The largest absolute Gasteiger partial charge is 0.476 e. The van der Waals surface area contributed by atoms with E-state index in [0.717, 1.165) is 6.26 Å². The number of oxazole rings is 1. The van der Waals surface area contributed by atoms with E-state index in [4.69, 9.17) is 9.52 Å². The Labute approximate surface area is 78.3 Å². The quantitative estimate of drug-likeness (QED) is 0.756. The van der Waals surface area contributed by atoms with Gasteiger partial charge in [-0.15, -0.1) is 0 Å². The summed E-state index contributed by atoms with van der Waals surface area (Å²) in [6.07, 6.45) is 5.42. The first-order valence-corrected chi connectivity index (χ1v) is 3.71. The van der Waals surface area contributed by atoms with Gasteiger partial charge in [0.2, 0.25) is 5.89 Å². The molecule has 0 aliphatic heterocycles. The van der Waals surface area contributed by atoms with Gasteiger partial charge in [0.15, 0.2) is 5.69 Å². The smallest absolute Gasteiger partial charge is 0.357 e. The van der Waals surface area contributed by atoms with Gasteiger partial charge < -0.3 is 9.52 Å². The molecule has 6 heteroatoms. The fourth-order valence-electron chi connectivity index (χ4n) is 0.914. The maximum Gasteiger partial charge on any atom is 0.357 e. The molecular formula is C8H5N3O3. The number of carboxylic acid groups (broad SMARTS) is 1. The lowest BCUT2D eigenvalue weighted by Gasteiger charge is -1.90. The Balaban J connectivity index is 2.39. The van der Waals surface area contributed by atoms with E-state index in [-0.39, 0.29) is 11.6 Å². The number of aromatic carboxylic acids is 1. The Morgan fingerprint density at radius 3 is 2.64 bits per heavy atom. The van der Waals surface area contributed by atoms with Crippen LogP contribution < -0.4 is 0 Å². The summed E-state index contributed by atoms with van der Waals surface area (Å²) in [6, 6.07) is 0.